The normalized spacial score (nSPS) is 10.6. The van der Waals surface area contributed by atoms with Crippen molar-refractivity contribution in [3.8, 4) is 11.4 Å². The number of hydrogen-bond acceptors (Lipinski definition) is 4. The number of nitrogens with zero attached hydrogens (tertiary/aromatic N) is 2. The SMILES string of the molecule is CCOc1ccc(-n2ccn(CC(=O)NCc3ccc(Cl)cc3)c(=O)c2=O)cc1. The van der Waals surface area contributed by atoms with E-state index in [1.165, 1.54) is 17.0 Å². The fourth-order valence-corrected chi connectivity index (χ4v) is 2.85. The second kappa shape index (κ2) is 9.25. The van der Waals surface area contributed by atoms with Gasteiger partial charge in [0.1, 0.15) is 12.3 Å². The monoisotopic (exact) mass is 413 g/mol. The Morgan fingerprint density at radius 2 is 1.69 bits per heavy atom. The molecule has 0 fully saturated rings. The minimum Gasteiger partial charge on any atom is -0.494 e. The van der Waals surface area contributed by atoms with Crippen LogP contribution in [0.5, 0.6) is 5.75 Å². The summed E-state index contributed by atoms with van der Waals surface area (Å²) in [7, 11) is 0. The molecule has 3 aromatic rings. The van der Waals surface area contributed by atoms with Crippen molar-refractivity contribution >= 4 is 17.5 Å². The van der Waals surface area contributed by atoms with Crippen molar-refractivity contribution in [2.75, 3.05) is 6.61 Å². The smallest absolute Gasteiger partial charge is 0.320 e. The van der Waals surface area contributed by atoms with Crippen LogP contribution in [0.1, 0.15) is 12.5 Å². The number of ether oxygens (including phenoxy) is 1. The molecule has 8 heteroatoms. The van der Waals surface area contributed by atoms with Crippen LogP contribution in [0, 0.1) is 0 Å². The van der Waals surface area contributed by atoms with Crippen molar-refractivity contribution in [3.63, 3.8) is 0 Å². The fraction of sp³-hybridized carbons (Fsp3) is 0.190. The number of aromatic nitrogens is 2. The number of amides is 1. The topological polar surface area (TPSA) is 82.3 Å². The van der Waals surface area contributed by atoms with Crippen molar-refractivity contribution in [2.45, 2.75) is 20.0 Å². The number of benzene rings is 2. The Balaban J connectivity index is 1.70. The van der Waals surface area contributed by atoms with Crippen LogP contribution in [0.4, 0.5) is 0 Å². The maximum Gasteiger partial charge on any atom is 0.320 e. The zero-order valence-electron chi connectivity index (χ0n) is 15.8. The minimum absolute atomic E-state index is 0.244. The molecule has 0 aliphatic carbocycles. The predicted octanol–water partition coefficient (Wildman–Crippen LogP) is 2.37. The average Bonchev–Trinajstić information content (AvgIpc) is 2.72. The van der Waals surface area contributed by atoms with Crippen LogP contribution >= 0.6 is 11.6 Å². The first kappa shape index (κ1) is 20.4. The lowest BCUT2D eigenvalue weighted by molar-refractivity contribution is -0.121. The van der Waals surface area contributed by atoms with Crippen molar-refractivity contribution in [1.29, 1.82) is 0 Å². The Kier molecular flexibility index (Phi) is 6.51. The quantitative estimate of drug-likeness (QED) is 0.603. The summed E-state index contributed by atoms with van der Waals surface area (Å²) in [5.74, 6) is 0.301. The van der Waals surface area contributed by atoms with E-state index in [9.17, 15) is 14.4 Å². The van der Waals surface area contributed by atoms with Gasteiger partial charge in [0.2, 0.25) is 5.91 Å². The first-order valence-corrected chi connectivity index (χ1v) is 9.42. The molecule has 0 aliphatic rings. The predicted molar refractivity (Wildman–Crippen MR) is 111 cm³/mol. The van der Waals surface area contributed by atoms with E-state index in [1.54, 1.807) is 48.5 Å². The molecule has 150 valence electrons. The van der Waals surface area contributed by atoms with Crippen LogP contribution in [-0.4, -0.2) is 21.6 Å². The van der Waals surface area contributed by atoms with Gasteiger partial charge in [-0.25, -0.2) is 0 Å². The summed E-state index contributed by atoms with van der Waals surface area (Å²) >= 11 is 5.83. The van der Waals surface area contributed by atoms with Gasteiger partial charge >= 0.3 is 11.1 Å². The zero-order chi connectivity index (χ0) is 20.8. The lowest BCUT2D eigenvalue weighted by Gasteiger charge is -2.10. The van der Waals surface area contributed by atoms with E-state index in [1.807, 2.05) is 6.92 Å². The fourth-order valence-electron chi connectivity index (χ4n) is 2.72. The van der Waals surface area contributed by atoms with Crippen LogP contribution in [0.15, 0.2) is 70.5 Å². The molecule has 0 unspecified atom stereocenters. The Morgan fingerprint density at radius 1 is 1.00 bits per heavy atom. The first-order chi connectivity index (χ1) is 14.0. The molecule has 3 rings (SSSR count). The molecular formula is C21H20ClN3O4. The van der Waals surface area contributed by atoms with Gasteiger partial charge in [-0.3, -0.25) is 23.5 Å². The largest absolute Gasteiger partial charge is 0.494 e. The van der Waals surface area contributed by atoms with Gasteiger partial charge in [0.25, 0.3) is 0 Å². The van der Waals surface area contributed by atoms with Gasteiger partial charge in [-0.15, -0.1) is 0 Å². The molecule has 0 spiro atoms. The van der Waals surface area contributed by atoms with Gasteiger partial charge < -0.3 is 10.1 Å². The van der Waals surface area contributed by atoms with Gasteiger partial charge in [-0.2, -0.15) is 0 Å². The lowest BCUT2D eigenvalue weighted by Crippen LogP contribution is -2.42. The highest BCUT2D eigenvalue weighted by Crippen LogP contribution is 2.13. The van der Waals surface area contributed by atoms with Gasteiger partial charge in [0, 0.05) is 29.6 Å². The maximum atomic E-state index is 12.4. The standard InChI is InChI=1S/C21H20ClN3O4/c1-2-29-18-9-7-17(8-10-18)25-12-11-24(20(27)21(25)28)14-19(26)23-13-15-3-5-16(22)6-4-15/h3-12H,2,13-14H2,1H3,(H,23,26). The van der Waals surface area contributed by atoms with E-state index in [-0.39, 0.29) is 12.5 Å². The summed E-state index contributed by atoms with van der Waals surface area (Å²) in [6, 6.07) is 13.9. The zero-order valence-corrected chi connectivity index (χ0v) is 16.6. The van der Waals surface area contributed by atoms with Crippen LogP contribution < -0.4 is 21.2 Å². The maximum absolute atomic E-state index is 12.4. The van der Waals surface area contributed by atoms with Gasteiger partial charge in [0.15, 0.2) is 0 Å². The molecular weight excluding hydrogens is 394 g/mol. The van der Waals surface area contributed by atoms with E-state index in [0.29, 0.717) is 29.6 Å². The Morgan fingerprint density at radius 3 is 2.34 bits per heavy atom. The van der Waals surface area contributed by atoms with Crippen molar-refractivity contribution in [3.05, 3.63) is 92.2 Å². The molecule has 7 nitrogen and oxygen atoms in total. The summed E-state index contributed by atoms with van der Waals surface area (Å²) in [6.07, 6.45) is 2.88. The van der Waals surface area contributed by atoms with Gasteiger partial charge in [0.05, 0.1) is 6.61 Å². The minimum atomic E-state index is -0.775. The summed E-state index contributed by atoms with van der Waals surface area (Å²) in [4.78, 5) is 37.0. The third-order valence-electron chi connectivity index (χ3n) is 4.20. The summed E-state index contributed by atoms with van der Waals surface area (Å²) in [6.45, 7) is 2.47. The highest BCUT2D eigenvalue weighted by atomic mass is 35.5. The van der Waals surface area contributed by atoms with Crippen molar-refractivity contribution < 1.29 is 9.53 Å². The molecule has 0 saturated carbocycles. The number of rotatable bonds is 7. The van der Waals surface area contributed by atoms with Crippen LogP contribution in [0.2, 0.25) is 5.02 Å². The van der Waals surface area contributed by atoms with Crippen LogP contribution in [0.25, 0.3) is 5.69 Å². The molecule has 1 amide bonds. The highest BCUT2D eigenvalue weighted by Gasteiger charge is 2.10. The molecule has 0 saturated heterocycles. The highest BCUT2D eigenvalue weighted by molar-refractivity contribution is 6.30. The van der Waals surface area contributed by atoms with Crippen LogP contribution in [0.3, 0.4) is 0 Å². The van der Waals surface area contributed by atoms with Crippen LogP contribution in [-0.2, 0) is 17.9 Å². The number of carbonyl (C=O) groups is 1. The Hall–Kier alpha value is -3.32. The Bertz CT molecular complexity index is 1100. The average molecular weight is 414 g/mol. The lowest BCUT2D eigenvalue weighted by atomic mass is 10.2. The molecule has 2 aromatic carbocycles. The van der Waals surface area contributed by atoms with Gasteiger partial charge in [-0.05, 0) is 48.9 Å². The summed E-state index contributed by atoms with van der Waals surface area (Å²) in [5.41, 5.74) is -0.0962. The van der Waals surface area contributed by atoms with Crippen molar-refractivity contribution in [1.82, 2.24) is 14.5 Å². The van der Waals surface area contributed by atoms with E-state index in [0.717, 1.165) is 10.1 Å². The third kappa shape index (κ3) is 5.14. The van der Waals surface area contributed by atoms with Gasteiger partial charge in [-0.1, -0.05) is 23.7 Å². The molecule has 1 heterocycles. The second-order valence-electron chi connectivity index (χ2n) is 6.24. The molecule has 0 atom stereocenters. The number of hydrogen-bond donors (Lipinski definition) is 1. The number of halogens is 1. The van der Waals surface area contributed by atoms with Crippen molar-refractivity contribution in [2.24, 2.45) is 0 Å². The molecule has 0 aliphatic heterocycles. The number of nitrogens with one attached hydrogen (secondary N) is 1. The Labute approximate surface area is 172 Å². The summed E-state index contributed by atoms with van der Waals surface area (Å²) in [5, 5.41) is 3.32. The van der Waals surface area contributed by atoms with E-state index in [2.05, 4.69) is 5.32 Å². The van der Waals surface area contributed by atoms with E-state index in [4.69, 9.17) is 16.3 Å². The first-order valence-electron chi connectivity index (χ1n) is 9.04. The molecule has 1 aromatic heterocycles. The molecule has 0 bridgehead atoms. The summed E-state index contributed by atoms with van der Waals surface area (Å²) < 4.78 is 7.69. The molecule has 29 heavy (non-hydrogen) atoms. The third-order valence-corrected chi connectivity index (χ3v) is 4.45. The second-order valence-corrected chi connectivity index (χ2v) is 6.67. The number of carbonyl (C=O) groups excluding carboxylic acids is 1. The van der Waals surface area contributed by atoms with E-state index < -0.39 is 11.1 Å². The molecule has 0 radical (unpaired) electrons. The molecule has 1 N–H and O–H groups in total. The van der Waals surface area contributed by atoms with E-state index >= 15 is 0 Å².